The molecule has 0 fully saturated rings. The van der Waals surface area contributed by atoms with Gasteiger partial charge in [-0.25, -0.2) is 0 Å². The molecule has 0 amide bonds. The van der Waals surface area contributed by atoms with Gasteiger partial charge in [-0.1, -0.05) is 26.0 Å². The summed E-state index contributed by atoms with van der Waals surface area (Å²) < 4.78 is 15.7. The fourth-order valence-electron chi connectivity index (χ4n) is 3.08. The molecule has 2 aromatic rings. The standard InChI is InChI=1S/C22H28O5/c1-14(10-17-6-8-19(24)21(12-17)26-5)15(2)11-18-7-9-20(25-4)22(13-18)27-16(3)23/h6-9,12-15,24H,10-11H2,1-5H3. The summed E-state index contributed by atoms with van der Waals surface area (Å²) in [7, 11) is 3.11. The molecule has 5 nitrogen and oxygen atoms in total. The summed E-state index contributed by atoms with van der Waals surface area (Å²) in [6.45, 7) is 5.79. The number of benzene rings is 2. The van der Waals surface area contributed by atoms with E-state index in [1.165, 1.54) is 6.92 Å². The van der Waals surface area contributed by atoms with E-state index >= 15 is 0 Å². The van der Waals surface area contributed by atoms with Gasteiger partial charge in [-0.15, -0.1) is 0 Å². The second-order valence-electron chi connectivity index (χ2n) is 6.95. The lowest BCUT2D eigenvalue weighted by Gasteiger charge is -2.21. The van der Waals surface area contributed by atoms with E-state index in [-0.39, 0.29) is 11.7 Å². The summed E-state index contributed by atoms with van der Waals surface area (Å²) in [4.78, 5) is 11.3. The van der Waals surface area contributed by atoms with Crippen LogP contribution in [0.1, 0.15) is 31.9 Å². The number of aromatic hydroxyl groups is 1. The monoisotopic (exact) mass is 372 g/mol. The molecule has 2 atom stereocenters. The second-order valence-corrected chi connectivity index (χ2v) is 6.95. The van der Waals surface area contributed by atoms with Crippen LogP contribution in [0.2, 0.25) is 0 Å². The Morgan fingerprint density at radius 3 is 1.93 bits per heavy atom. The lowest BCUT2D eigenvalue weighted by molar-refractivity contribution is -0.132. The quantitative estimate of drug-likeness (QED) is 0.550. The first-order valence-corrected chi connectivity index (χ1v) is 9.05. The Morgan fingerprint density at radius 1 is 0.889 bits per heavy atom. The number of ether oxygens (including phenoxy) is 3. The van der Waals surface area contributed by atoms with Gasteiger partial charge in [0.1, 0.15) is 0 Å². The van der Waals surface area contributed by atoms with E-state index in [1.807, 2.05) is 30.3 Å². The molecular weight excluding hydrogens is 344 g/mol. The van der Waals surface area contributed by atoms with E-state index in [0.717, 1.165) is 24.0 Å². The van der Waals surface area contributed by atoms with Crippen molar-refractivity contribution in [1.29, 1.82) is 0 Å². The summed E-state index contributed by atoms with van der Waals surface area (Å²) in [5.74, 6) is 2.10. The van der Waals surface area contributed by atoms with Crippen molar-refractivity contribution in [2.45, 2.75) is 33.6 Å². The van der Waals surface area contributed by atoms with E-state index in [9.17, 15) is 9.90 Å². The van der Waals surface area contributed by atoms with Gasteiger partial charge < -0.3 is 19.3 Å². The highest BCUT2D eigenvalue weighted by Gasteiger charge is 2.16. The molecule has 1 N–H and O–H groups in total. The number of phenolic OH excluding ortho intramolecular Hbond substituents is 1. The Hall–Kier alpha value is -2.69. The van der Waals surface area contributed by atoms with Crippen molar-refractivity contribution in [3.63, 3.8) is 0 Å². The van der Waals surface area contributed by atoms with Crippen molar-refractivity contribution < 1.29 is 24.1 Å². The molecule has 2 rings (SSSR count). The van der Waals surface area contributed by atoms with E-state index in [4.69, 9.17) is 14.2 Å². The molecule has 0 bridgehead atoms. The predicted molar refractivity (Wildman–Crippen MR) is 105 cm³/mol. The first-order chi connectivity index (χ1) is 12.8. The van der Waals surface area contributed by atoms with Crippen LogP contribution in [0.5, 0.6) is 23.0 Å². The van der Waals surface area contributed by atoms with Crippen molar-refractivity contribution in [1.82, 2.24) is 0 Å². The SMILES string of the molecule is COc1cc(CC(C)C(C)Cc2ccc(OC)c(OC(C)=O)c2)ccc1O. The average molecular weight is 372 g/mol. The van der Waals surface area contributed by atoms with Crippen molar-refractivity contribution in [3.8, 4) is 23.0 Å². The van der Waals surface area contributed by atoms with Gasteiger partial charge in [0.05, 0.1) is 14.2 Å². The number of phenols is 1. The van der Waals surface area contributed by atoms with Gasteiger partial charge in [0.2, 0.25) is 0 Å². The molecule has 2 unspecified atom stereocenters. The summed E-state index contributed by atoms with van der Waals surface area (Å²) >= 11 is 0. The van der Waals surface area contributed by atoms with Crippen LogP contribution in [-0.4, -0.2) is 25.3 Å². The highest BCUT2D eigenvalue weighted by molar-refractivity contribution is 5.70. The van der Waals surface area contributed by atoms with Crippen molar-refractivity contribution in [3.05, 3.63) is 47.5 Å². The highest BCUT2D eigenvalue weighted by Crippen LogP contribution is 2.32. The van der Waals surface area contributed by atoms with E-state index < -0.39 is 0 Å². The number of hydrogen-bond acceptors (Lipinski definition) is 5. The minimum atomic E-state index is -0.367. The second kappa shape index (κ2) is 9.31. The van der Waals surface area contributed by atoms with Crippen LogP contribution < -0.4 is 14.2 Å². The maximum atomic E-state index is 11.3. The van der Waals surface area contributed by atoms with E-state index in [1.54, 1.807) is 20.3 Å². The van der Waals surface area contributed by atoms with Crippen LogP contribution in [0.25, 0.3) is 0 Å². The molecule has 0 aliphatic heterocycles. The molecule has 0 radical (unpaired) electrons. The van der Waals surface area contributed by atoms with Gasteiger partial charge in [0.25, 0.3) is 0 Å². The van der Waals surface area contributed by atoms with Gasteiger partial charge >= 0.3 is 5.97 Å². The minimum absolute atomic E-state index is 0.151. The zero-order valence-electron chi connectivity index (χ0n) is 16.6. The number of rotatable bonds is 8. The molecule has 146 valence electrons. The topological polar surface area (TPSA) is 65.0 Å². The summed E-state index contributed by atoms with van der Waals surface area (Å²) in [5, 5.41) is 9.73. The molecule has 0 aliphatic rings. The third-order valence-electron chi connectivity index (χ3n) is 4.81. The maximum Gasteiger partial charge on any atom is 0.308 e. The van der Waals surface area contributed by atoms with Gasteiger partial charge in [-0.2, -0.15) is 0 Å². The van der Waals surface area contributed by atoms with Crippen molar-refractivity contribution in [2.75, 3.05) is 14.2 Å². The van der Waals surface area contributed by atoms with Crippen molar-refractivity contribution >= 4 is 5.97 Å². The Morgan fingerprint density at radius 2 is 1.41 bits per heavy atom. The number of esters is 1. The van der Waals surface area contributed by atoms with Crippen LogP contribution >= 0.6 is 0 Å². The molecule has 0 heterocycles. The van der Waals surface area contributed by atoms with Crippen LogP contribution in [0.15, 0.2) is 36.4 Å². The number of carbonyl (C=O) groups excluding carboxylic acids is 1. The summed E-state index contributed by atoms with van der Waals surface area (Å²) in [6.07, 6.45) is 1.74. The van der Waals surface area contributed by atoms with Gasteiger partial charge in [0.15, 0.2) is 23.0 Å². The first kappa shape index (κ1) is 20.6. The normalized spacial score (nSPS) is 12.9. The van der Waals surface area contributed by atoms with Gasteiger partial charge in [0, 0.05) is 6.92 Å². The largest absolute Gasteiger partial charge is 0.504 e. The van der Waals surface area contributed by atoms with Crippen LogP contribution in [0, 0.1) is 11.8 Å². The van der Waals surface area contributed by atoms with Gasteiger partial charge in [-0.05, 0) is 60.1 Å². The van der Waals surface area contributed by atoms with Crippen LogP contribution in [0.4, 0.5) is 0 Å². The Balaban J connectivity index is 2.07. The number of carbonyl (C=O) groups is 1. The highest BCUT2D eigenvalue weighted by atomic mass is 16.6. The molecule has 0 saturated carbocycles. The molecule has 0 aromatic heterocycles. The fraction of sp³-hybridized carbons (Fsp3) is 0.409. The fourth-order valence-corrected chi connectivity index (χ4v) is 3.08. The maximum absolute atomic E-state index is 11.3. The third kappa shape index (κ3) is 5.64. The summed E-state index contributed by atoms with van der Waals surface area (Å²) in [6, 6.07) is 11.2. The molecule has 0 aliphatic carbocycles. The molecular formula is C22H28O5. The Labute approximate surface area is 160 Å². The zero-order valence-corrected chi connectivity index (χ0v) is 16.6. The summed E-state index contributed by atoms with van der Waals surface area (Å²) in [5.41, 5.74) is 2.22. The lowest BCUT2D eigenvalue weighted by Crippen LogP contribution is -2.14. The zero-order chi connectivity index (χ0) is 20.0. The molecule has 5 heteroatoms. The molecule has 0 spiro atoms. The third-order valence-corrected chi connectivity index (χ3v) is 4.81. The van der Waals surface area contributed by atoms with E-state index in [2.05, 4.69) is 13.8 Å². The van der Waals surface area contributed by atoms with Crippen molar-refractivity contribution in [2.24, 2.45) is 11.8 Å². The average Bonchev–Trinajstić information content (AvgIpc) is 2.63. The molecule has 2 aromatic carbocycles. The van der Waals surface area contributed by atoms with Crippen LogP contribution in [0.3, 0.4) is 0 Å². The molecule has 0 saturated heterocycles. The Bertz CT molecular complexity index is 784. The Kier molecular flexibility index (Phi) is 7.11. The lowest BCUT2D eigenvalue weighted by atomic mass is 9.85. The smallest absolute Gasteiger partial charge is 0.308 e. The van der Waals surface area contributed by atoms with E-state index in [0.29, 0.717) is 29.1 Å². The first-order valence-electron chi connectivity index (χ1n) is 9.05. The minimum Gasteiger partial charge on any atom is -0.504 e. The molecule has 27 heavy (non-hydrogen) atoms. The predicted octanol–water partition coefficient (Wildman–Crippen LogP) is 4.39. The van der Waals surface area contributed by atoms with Crippen LogP contribution in [-0.2, 0) is 17.6 Å². The number of methoxy groups -OCH3 is 2. The number of hydrogen-bond donors (Lipinski definition) is 1. The van der Waals surface area contributed by atoms with Gasteiger partial charge in [-0.3, -0.25) is 4.79 Å².